The summed E-state index contributed by atoms with van der Waals surface area (Å²) in [6.07, 6.45) is 0.525. The van der Waals surface area contributed by atoms with E-state index >= 15 is 0 Å². The highest BCUT2D eigenvalue weighted by Gasteiger charge is 2.22. The molecule has 1 heterocycles. The average Bonchev–Trinajstić information content (AvgIpc) is 2.73. The standard InChI is InChI=1S/C22H25ClN4O2S/c1-3-20(28)27-12-10-26(11-13-27)19-7-5-4-6-18(19)24-22(30)25-21(29)16-9-8-15(2)14-17(16)23/h4-9,14H,3,10-13H2,1-2H3,(H2,24,25,29,30). The molecule has 158 valence electrons. The minimum atomic E-state index is -0.360. The van der Waals surface area contributed by atoms with E-state index < -0.39 is 0 Å². The lowest BCUT2D eigenvalue weighted by atomic mass is 10.1. The van der Waals surface area contributed by atoms with Gasteiger partial charge in [-0.2, -0.15) is 0 Å². The molecule has 1 saturated heterocycles. The van der Waals surface area contributed by atoms with Crippen LogP contribution in [0.25, 0.3) is 0 Å². The number of amides is 2. The number of benzene rings is 2. The van der Waals surface area contributed by atoms with Crippen molar-refractivity contribution in [2.24, 2.45) is 0 Å². The average molecular weight is 445 g/mol. The van der Waals surface area contributed by atoms with Crippen LogP contribution in [-0.4, -0.2) is 48.0 Å². The first kappa shape index (κ1) is 22.1. The molecular formula is C22H25ClN4O2S. The molecule has 0 spiro atoms. The molecule has 8 heteroatoms. The minimum absolute atomic E-state index is 0.180. The third kappa shape index (κ3) is 5.29. The van der Waals surface area contributed by atoms with Crippen molar-refractivity contribution in [2.45, 2.75) is 20.3 Å². The van der Waals surface area contributed by atoms with E-state index in [2.05, 4.69) is 15.5 Å². The third-order valence-electron chi connectivity index (χ3n) is 5.02. The van der Waals surface area contributed by atoms with Gasteiger partial charge in [0.15, 0.2) is 5.11 Å². The number of para-hydroxylation sites is 2. The van der Waals surface area contributed by atoms with Crippen LogP contribution in [0.5, 0.6) is 0 Å². The summed E-state index contributed by atoms with van der Waals surface area (Å²) in [4.78, 5) is 28.5. The molecule has 0 bridgehead atoms. The van der Waals surface area contributed by atoms with Gasteiger partial charge >= 0.3 is 0 Å². The lowest BCUT2D eigenvalue weighted by molar-refractivity contribution is -0.131. The molecule has 30 heavy (non-hydrogen) atoms. The Bertz CT molecular complexity index is 958. The SMILES string of the molecule is CCC(=O)N1CCN(c2ccccc2NC(=S)NC(=O)c2ccc(C)cc2Cl)CC1. The molecule has 0 atom stereocenters. The maximum absolute atomic E-state index is 12.5. The van der Waals surface area contributed by atoms with Crippen LogP contribution in [0.4, 0.5) is 11.4 Å². The molecule has 2 amide bonds. The smallest absolute Gasteiger partial charge is 0.258 e. The van der Waals surface area contributed by atoms with E-state index in [1.807, 2.05) is 49.1 Å². The molecular weight excluding hydrogens is 420 g/mol. The molecule has 2 aromatic carbocycles. The second kappa shape index (κ2) is 9.91. The van der Waals surface area contributed by atoms with E-state index in [1.165, 1.54) is 0 Å². The quantitative estimate of drug-likeness (QED) is 0.701. The molecule has 1 fully saturated rings. The van der Waals surface area contributed by atoms with E-state index in [4.69, 9.17) is 23.8 Å². The number of hydrogen-bond acceptors (Lipinski definition) is 4. The van der Waals surface area contributed by atoms with Crippen molar-refractivity contribution in [1.29, 1.82) is 0 Å². The van der Waals surface area contributed by atoms with Gasteiger partial charge in [-0.25, -0.2) is 0 Å². The van der Waals surface area contributed by atoms with Gasteiger partial charge in [-0.1, -0.05) is 36.7 Å². The zero-order valence-electron chi connectivity index (χ0n) is 17.1. The molecule has 0 saturated carbocycles. The van der Waals surface area contributed by atoms with E-state index in [-0.39, 0.29) is 16.9 Å². The van der Waals surface area contributed by atoms with Gasteiger partial charge in [0.1, 0.15) is 0 Å². The molecule has 2 N–H and O–H groups in total. The monoisotopic (exact) mass is 444 g/mol. The Hall–Kier alpha value is -2.64. The number of rotatable bonds is 4. The van der Waals surface area contributed by atoms with Gasteiger partial charge in [0.25, 0.3) is 5.91 Å². The second-order valence-electron chi connectivity index (χ2n) is 7.13. The number of anilines is 2. The molecule has 6 nitrogen and oxygen atoms in total. The summed E-state index contributed by atoms with van der Waals surface area (Å²) < 4.78 is 0. The number of nitrogens with one attached hydrogen (secondary N) is 2. The highest BCUT2D eigenvalue weighted by atomic mass is 35.5. The molecule has 0 radical (unpaired) electrons. The van der Waals surface area contributed by atoms with Crippen molar-refractivity contribution in [2.75, 3.05) is 36.4 Å². The molecule has 0 aliphatic carbocycles. The van der Waals surface area contributed by atoms with Crippen molar-refractivity contribution >= 4 is 52.1 Å². The van der Waals surface area contributed by atoms with Crippen LogP contribution in [0.15, 0.2) is 42.5 Å². The Morgan fingerprint density at radius 1 is 1.10 bits per heavy atom. The Labute approximate surface area is 187 Å². The van der Waals surface area contributed by atoms with Crippen molar-refractivity contribution in [1.82, 2.24) is 10.2 Å². The van der Waals surface area contributed by atoms with Gasteiger partial charge in [0.05, 0.1) is 22.0 Å². The van der Waals surface area contributed by atoms with Crippen LogP contribution in [0.1, 0.15) is 29.3 Å². The fraction of sp³-hybridized carbons (Fsp3) is 0.318. The lowest BCUT2D eigenvalue weighted by Crippen LogP contribution is -2.48. The van der Waals surface area contributed by atoms with Gasteiger partial charge in [0.2, 0.25) is 5.91 Å². The largest absolute Gasteiger partial charge is 0.366 e. The summed E-state index contributed by atoms with van der Waals surface area (Å²) in [6.45, 7) is 6.65. The summed E-state index contributed by atoms with van der Waals surface area (Å²) in [7, 11) is 0. The Morgan fingerprint density at radius 2 is 1.80 bits per heavy atom. The second-order valence-corrected chi connectivity index (χ2v) is 7.95. The number of halogens is 1. The van der Waals surface area contributed by atoms with E-state index in [0.717, 1.165) is 30.0 Å². The van der Waals surface area contributed by atoms with Crippen molar-refractivity contribution in [3.63, 3.8) is 0 Å². The van der Waals surface area contributed by atoms with Crippen molar-refractivity contribution < 1.29 is 9.59 Å². The fourth-order valence-corrected chi connectivity index (χ4v) is 3.93. The number of nitrogens with zero attached hydrogens (tertiary/aromatic N) is 2. The summed E-state index contributed by atoms with van der Waals surface area (Å²) in [6, 6.07) is 13.0. The number of aryl methyl sites for hydroxylation is 1. The normalized spacial score (nSPS) is 13.7. The van der Waals surface area contributed by atoms with Gasteiger partial charge < -0.3 is 15.1 Å². The molecule has 0 unspecified atom stereocenters. The first-order valence-corrected chi connectivity index (χ1v) is 10.7. The van der Waals surface area contributed by atoms with Crippen molar-refractivity contribution in [3.8, 4) is 0 Å². The van der Waals surface area contributed by atoms with Crippen LogP contribution in [0.2, 0.25) is 5.02 Å². The van der Waals surface area contributed by atoms with E-state index in [1.54, 1.807) is 12.1 Å². The number of hydrogen-bond donors (Lipinski definition) is 2. The zero-order chi connectivity index (χ0) is 21.7. The predicted molar refractivity (Wildman–Crippen MR) is 125 cm³/mol. The predicted octanol–water partition coefficient (Wildman–Crippen LogP) is 3.83. The van der Waals surface area contributed by atoms with E-state index in [0.29, 0.717) is 30.1 Å². The fourth-order valence-electron chi connectivity index (χ4n) is 3.40. The van der Waals surface area contributed by atoms with Gasteiger partial charge in [0, 0.05) is 32.6 Å². The maximum atomic E-state index is 12.5. The lowest BCUT2D eigenvalue weighted by Gasteiger charge is -2.37. The maximum Gasteiger partial charge on any atom is 0.258 e. The molecule has 1 aliphatic rings. The molecule has 2 aromatic rings. The topological polar surface area (TPSA) is 64.7 Å². The Balaban J connectivity index is 1.65. The van der Waals surface area contributed by atoms with E-state index in [9.17, 15) is 9.59 Å². The first-order valence-electron chi connectivity index (χ1n) is 9.89. The van der Waals surface area contributed by atoms with Crippen molar-refractivity contribution in [3.05, 3.63) is 58.6 Å². The third-order valence-corrected chi connectivity index (χ3v) is 5.54. The van der Waals surface area contributed by atoms with Crippen LogP contribution in [0.3, 0.4) is 0 Å². The Morgan fingerprint density at radius 3 is 2.47 bits per heavy atom. The summed E-state index contributed by atoms with van der Waals surface area (Å²) in [5.41, 5.74) is 3.13. The van der Waals surface area contributed by atoms with Crippen LogP contribution < -0.4 is 15.5 Å². The first-order chi connectivity index (χ1) is 14.4. The summed E-state index contributed by atoms with van der Waals surface area (Å²) >= 11 is 11.5. The zero-order valence-corrected chi connectivity index (χ0v) is 18.6. The van der Waals surface area contributed by atoms with Crippen LogP contribution in [-0.2, 0) is 4.79 Å². The number of carbonyl (C=O) groups excluding carboxylic acids is 2. The highest BCUT2D eigenvalue weighted by molar-refractivity contribution is 7.80. The summed E-state index contributed by atoms with van der Waals surface area (Å²) in [5, 5.41) is 6.39. The van der Waals surface area contributed by atoms with Gasteiger partial charge in [-0.3, -0.25) is 14.9 Å². The van der Waals surface area contributed by atoms with Crippen LogP contribution >= 0.6 is 23.8 Å². The minimum Gasteiger partial charge on any atom is -0.366 e. The molecule has 3 rings (SSSR count). The number of piperazine rings is 1. The van der Waals surface area contributed by atoms with Gasteiger partial charge in [-0.15, -0.1) is 0 Å². The van der Waals surface area contributed by atoms with Crippen LogP contribution in [0, 0.1) is 6.92 Å². The molecule has 0 aromatic heterocycles. The highest BCUT2D eigenvalue weighted by Crippen LogP contribution is 2.27. The van der Waals surface area contributed by atoms with Gasteiger partial charge in [-0.05, 0) is 49.0 Å². The molecule has 1 aliphatic heterocycles. The summed E-state index contributed by atoms with van der Waals surface area (Å²) in [5.74, 6) is -0.179. The Kier molecular flexibility index (Phi) is 7.29. The number of thiocarbonyl (C=S) groups is 1. The number of carbonyl (C=O) groups is 2.